The van der Waals surface area contributed by atoms with Crippen LogP contribution in [0, 0.1) is 5.92 Å². The first kappa shape index (κ1) is 11.5. The normalized spacial score (nSPS) is 19.6. The Bertz CT molecular complexity index is 498. The monoisotopic (exact) mass is 255 g/mol. The second-order valence-electron chi connectivity index (χ2n) is 3.62. The number of carbonyl (C=O) groups is 3. The summed E-state index contributed by atoms with van der Waals surface area (Å²) in [4.78, 5) is 38.5. The van der Waals surface area contributed by atoms with E-state index < -0.39 is 17.8 Å². The van der Waals surface area contributed by atoms with Crippen molar-refractivity contribution in [2.75, 3.05) is 11.4 Å². The number of hydrogen-bond acceptors (Lipinski definition) is 5. The standard InChI is InChI=1S/C9H9N3O4S/c10-7(14)4-1-6(13)12(3-4)9-11-2-5(17-9)8(15)16/h2,4H,1,3H2,(H2,10,14)(H,15,16). The Labute approximate surface area is 99.9 Å². The Hall–Kier alpha value is -1.96. The number of carboxylic acid groups (broad SMARTS) is 1. The molecule has 90 valence electrons. The Morgan fingerprint density at radius 3 is 2.76 bits per heavy atom. The molecule has 1 aliphatic rings. The second-order valence-corrected chi connectivity index (χ2v) is 4.63. The highest BCUT2D eigenvalue weighted by atomic mass is 32.1. The fourth-order valence-corrected chi connectivity index (χ4v) is 2.35. The Balaban J connectivity index is 2.20. The smallest absolute Gasteiger partial charge is 0.347 e. The van der Waals surface area contributed by atoms with Gasteiger partial charge in [-0.15, -0.1) is 0 Å². The molecule has 1 atom stereocenters. The zero-order chi connectivity index (χ0) is 12.6. The maximum atomic E-state index is 11.6. The molecule has 2 amide bonds. The molecule has 1 saturated heterocycles. The SMILES string of the molecule is NC(=O)C1CC(=O)N(c2ncc(C(=O)O)s2)C1. The molecule has 17 heavy (non-hydrogen) atoms. The van der Waals surface area contributed by atoms with Gasteiger partial charge < -0.3 is 10.8 Å². The maximum Gasteiger partial charge on any atom is 0.347 e. The van der Waals surface area contributed by atoms with Crippen molar-refractivity contribution in [1.29, 1.82) is 0 Å². The molecule has 0 radical (unpaired) electrons. The highest BCUT2D eigenvalue weighted by molar-refractivity contribution is 7.17. The first-order valence-electron chi connectivity index (χ1n) is 4.78. The largest absolute Gasteiger partial charge is 0.477 e. The van der Waals surface area contributed by atoms with Crippen molar-refractivity contribution in [1.82, 2.24) is 4.98 Å². The number of carboxylic acids is 1. The first-order chi connectivity index (χ1) is 7.99. The van der Waals surface area contributed by atoms with E-state index in [0.717, 1.165) is 11.3 Å². The summed E-state index contributed by atoms with van der Waals surface area (Å²) in [6.07, 6.45) is 1.24. The van der Waals surface area contributed by atoms with Gasteiger partial charge >= 0.3 is 5.97 Å². The van der Waals surface area contributed by atoms with Crippen LogP contribution >= 0.6 is 11.3 Å². The summed E-state index contributed by atoms with van der Waals surface area (Å²) in [5.41, 5.74) is 5.12. The number of hydrogen-bond donors (Lipinski definition) is 2. The van der Waals surface area contributed by atoms with Gasteiger partial charge in [-0.2, -0.15) is 0 Å². The van der Waals surface area contributed by atoms with Crippen molar-refractivity contribution in [3.05, 3.63) is 11.1 Å². The number of aromatic nitrogens is 1. The summed E-state index contributed by atoms with van der Waals surface area (Å²) in [6, 6.07) is 0. The number of primary amides is 1. The molecule has 2 heterocycles. The molecule has 0 aromatic carbocycles. The topological polar surface area (TPSA) is 114 Å². The molecule has 0 spiro atoms. The lowest BCUT2D eigenvalue weighted by molar-refractivity contribution is -0.123. The third-order valence-electron chi connectivity index (χ3n) is 2.46. The first-order valence-corrected chi connectivity index (χ1v) is 5.59. The van der Waals surface area contributed by atoms with Crippen LogP contribution in [0.5, 0.6) is 0 Å². The van der Waals surface area contributed by atoms with E-state index in [4.69, 9.17) is 10.8 Å². The van der Waals surface area contributed by atoms with Crippen LogP contribution in [-0.4, -0.2) is 34.4 Å². The van der Waals surface area contributed by atoms with Crippen molar-refractivity contribution >= 4 is 34.3 Å². The molecule has 1 aromatic rings. The van der Waals surface area contributed by atoms with Gasteiger partial charge in [-0.3, -0.25) is 14.5 Å². The predicted molar refractivity (Wildman–Crippen MR) is 58.7 cm³/mol. The zero-order valence-electron chi connectivity index (χ0n) is 8.62. The minimum atomic E-state index is -1.09. The lowest BCUT2D eigenvalue weighted by Gasteiger charge is -2.11. The van der Waals surface area contributed by atoms with Gasteiger partial charge in [0.2, 0.25) is 11.8 Å². The third kappa shape index (κ3) is 2.11. The fourth-order valence-electron chi connectivity index (χ4n) is 1.57. The van der Waals surface area contributed by atoms with Crippen LogP contribution in [0.25, 0.3) is 0 Å². The highest BCUT2D eigenvalue weighted by Crippen LogP contribution is 2.28. The third-order valence-corrected chi connectivity index (χ3v) is 3.47. The van der Waals surface area contributed by atoms with Crippen molar-refractivity contribution in [3.8, 4) is 0 Å². The van der Waals surface area contributed by atoms with Gasteiger partial charge in [0.25, 0.3) is 0 Å². The van der Waals surface area contributed by atoms with E-state index in [0.29, 0.717) is 0 Å². The van der Waals surface area contributed by atoms with Crippen molar-refractivity contribution in [2.45, 2.75) is 6.42 Å². The van der Waals surface area contributed by atoms with Gasteiger partial charge in [-0.1, -0.05) is 11.3 Å². The Morgan fingerprint density at radius 1 is 1.59 bits per heavy atom. The fraction of sp³-hybridized carbons (Fsp3) is 0.333. The summed E-state index contributed by atoms with van der Waals surface area (Å²) in [5, 5.41) is 9.03. The van der Waals surface area contributed by atoms with Gasteiger partial charge in [-0.25, -0.2) is 9.78 Å². The average molecular weight is 255 g/mol. The number of amides is 2. The number of nitrogens with zero attached hydrogens (tertiary/aromatic N) is 2. The van der Waals surface area contributed by atoms with E-state index in [1.54, 1.807) is 0 Å². The van der Waals surface area contributed by atoms with E-state index >= 15 is 0 Å². The minimum absolute atomic E-state index is 0.0512. The molecule has 1 fully saturated rings. The number of aromatic carboxylic acids is 1. The lowest BCUT2D eigenvalue weighted by atomic mass is 10.1. The number of nitrogens with two attached hydrogens (primary N) is 1. The van der Waals surface area contributed by atoms with Crippen LogP contribution in [-0.2, 0) is 9.59 Å². The molecule has 1 unspecified atom stereocenters. The molecule has 1 aromatic heterocycles. The van der Waals surface area contributed by atoms with E-state index in [1.807, 2.05) is 0 Å². The quantitative estimate of drug-likeness (QED) is 0.768. The number of anilines is 1. The van der Waals surface area contributed by atoms with Crippen LogP contribution in [0.4, 0.5) is 5.13 Å². The lowest BCUT2D eigenvalue weighted by Crippen LogP contribution is -2.28. The van der Waals surface area contributed by atoms with Gasteiger partial charge in [0.1, 0.15) is 4.88 Å². The maximum absolute atomic E-state index is 11.6. The van der Waals surface area contributed by atoms with E-state index in [9.17, 15) is 14.4 Å². The summed E-state index contributed by atoms with van der Waals surface area (Å²) in [5.74, 6) is -2.41. The molecule has 0 saturated carbocycles. The second kappa shape index (κ2) is 4.13. The van der Waals surface area contributed by atoms with Crippen LogP contribution in [0.3, 0.4) is 0 Å². The van der Waals surface area contributed by atoms with Gasteiger partial charge in [0.05, 0.1) is 12.1 Å². The van der Waals surface area contributed by atoms with Crippen molar-refractivity contribution < 1.29 is 19.5 Å². The van der Waals surface area contributed by atoms with E-state index in [2.05, 4.69) is 4.98 Å². The molecule has 7 nitrogen and oxygen atoms in total. The van der Waals surface area contributed by atoms with Crippen LogP contribution in [0.2, 0.25) is 0 Å². The molecule has 8 heteroatoms. The molecule has 2 rings (SSSR count). The van der Waals surface area contributed by atoms with Crippen LogP contribution < -0.4 is 10.6 Å². The summed E-state index contributed by atoms with van der Waals surface area (Å²) in [6.45, 7) is 0.167. The van der Waals surface area contributed by atoms with Gasteiger partial charge in [-0.05, 0) is 0 Å². The van der Waals surface area contributed by atoms with Crippen LogP contribution in [0.15, 0.2) is 6.20 Å². The number of rotatable bonds is 3. The van der Waals surface area contributed by atoms with Crippen LogP contribution in [0.1, 0.15) is 16.1 Å². The highest BCUT2D eigenvalue weighted by Gasteiger charge is 2.35. The van der Waals surface area contributed by atoms with Gasteiger partial charge in [0.15, 0.2) is 5.13 Å². The zero-order valence-corrected chi connectivity index (χ0v) is 9.44. The molecular formula is C9H9N3O4S. The molecular weight excluding hydrogens is 246 g/mol. The molecule has 0 aliphatic carbocycles. The Morgan fingerprint density at radius 2 is 2.29 bits per heavy atom. The van der Waals surface area contributed by atoms with E-state index in [1.165, 1.54) is 11.1 Å². The summed E-state index contributed by atoms with van der Waals surface area (Å²) >= 11 is 0.898. The molecule has 3 N–H and O–H groups in total. The summed E-state index contributed by atoms with van der Waals surface area (Å²) < 4.78 is 0. The summed E-state index contributed by atoms with van der Waals surface area (Å²) in [7, 11) is 0. The van der Waals surface area contributed by atoms with Crippen molar-refractivity contribution in [2.24, 2.45) is 11.7 Å². The number of carbonyl (C=O) groups excluding carboxylic acids is 2. The number of thiazole rings is 1. The molecule has 0 bridgehead atoms. The molecule has 1 aliphatic heterocycles. The average Bonchev–Trinajstić information content (AvgIpc) is 2.83. The van der Waals surface area contributed by atoms with Crippen molar-refractivity contribution in [3.63, 3.8) is 0 Å². The minimum Gasteiger partial charge on any atom is -0.477 e. The predicted octanol–water partition coefficient (Wildman–Crippen LogP) is -0.321. The van der Waals surface area contributed by atoms with Gasteiger partial charge in [0, 0.05) is 13.0 Å². The van der Waals surface area contributed by atoms with E-state index in [-0.39, 0.29) is 28.9 Å². The Kier molecular flexibility index (Phi) is 2.80.